The lowest BCUT2D eigenvalue weighted by Gasteiger charge is -2.22. The Morgan fingerprint density at radius 2 is 1.90 bits per heavy atom. The van der Waals surface area contributed by atoms with E-state index in [1.807, 2.05) is 0 Å². The van der Waals surface area contributed by atoms with E-state index in [4.69, 9.17) is 8.94 Å². The molecule has 148 valence electrons. The van der Waals surface area contributed by atoms with Gasteiger partial charge in [0.25, 0.3) is 11.6 Å². The molecule has 0 spiro atoms. The zero-order chi connectivity index (χ0) is 21.0. The number of carbonyl (C=O) groups excluding carboxylic acids is 1. The van der Waals surface area contributed by atoms with E-state index in [0.717, 1.165) is 0 Å². The molecule has 5 rings (SSSR count). The molecule has 1 aliphatic rings. The maximum atomic E-state index is 13.3. The van der Waals surface area contributed by atoms with Gasteiger partial charge in [0.1, 0.15) is 11.3 Å². The maximum absolute atomic E-state index is 13.3. The number of nitrogens with zero attached hydrogens (tertiary/aromatic N) is 3. The SMILES string of the molecule is Cc1cc(N2C(=O)c3oc4ccccc4c(=O)c3[C@H]2c2cccc([N+](=O)[O-])c2)no1. The molecule has 0 unspecified atom stereocenters. The second kappa shape index (κ2) is 6.38. The van der Waals surface area contributed by atoms with Crippen LogP contribution in [-0.2, 0) is 0 Å². The number of hydrogen-bond acceptors (Lipinski definition) is 7. The van der Waals surface area contributed by atoms with E-state index < -0.39 is 16.9 Å². The molecule has 1 atom stereocenters. The molecule has 0 aliphatic carbocycles. The lowest BCUT2D eigenvalue weighted by molar-refractivity contribution is -0.384. The second-order valence-electron chi connectivity index (χ2n) is 6.90. The molecular weight excluding hydrogens is 390 g/mol. The van der Waals surface area contributed by atoms with Crippen molar-refractivity contribution in [2.75, 3.05) is 4.90 Å². The lowest BCUT2D eigenvalue weighted by Crippen LogP contribution is -2.29. The highest BCUT2D eigenvalue weighted by Gasteiger charge is 2.45. The fourth-order valence-corrected chi connectivity index (χ4v) is 3.75. The molecule has 9 heteroatoms. The van der Waals surface area contributed by atoms with Crippen LogP contribution < -0.4 is 10.3 Å². The van der Waals surface area contributed by atoms with Gasteiger partial charge in [-0.05, 0) is 24.6 Å². The predicted octanol–water partition coefficient (Wildman–Crippen LogP) is 3.75. The average molecular weight is 403 g/mol. The average Bonchev–Trinajstić information content (AvgIpc) is 3.29. The second-order valence-corrected chi connectivity index (χ2v) is 6.90. The third-order valence-corrected chi connectivity index (χ3v) is 5.04. The molecule has 0 N–H and O–H groups in total. The first kappa shape index (κ1) is 17.8. The molecule has 1 amide bonds. The van der Waals surface area contributed by atoms with E-state index in [-0.39, 0.29) is 33.8 Å². The molecular formula is C21H13N3O6. The van der Waals surface area contributed by atoms with E-state index in [2.05, 4.69) is 5.16 Å². The molecule has 0 fully saturated rings. The van der Waals surface area contributed by atoms with Crippen molar-refractivity contribution in [1.29, 1.82) is 0 Å². The fraction of sp³-hybridized carbons (Fsp3) is 0.0952. The van der Waals surface area contributed by atoms with Crippen LogP contribution in [0.25, 0.3) is 11.0 Å². The van der Waals surface area contributed by atoms with Gasteiger partial charge in [-0.15, -0.1) is 0 Å². The van der Waals surface area contributed by atoms with Crippen LogP contribution in [0.5, 0.6) is 0 Å². The van der Waals surface area contributed by atoms with Crippen LogP contribution in [0.1, 0.15) is 33.5 Å². The van der Waals surface area contributed by atoms with Crippen LogP contribution in [0.4, 0.5) is 11.5 Å². The summed E-state index contributed by atoms with van der Waals surface area (Å²) in [7, 11) is 0. The molecule has 0 radical (unpaired) electrons. The normalized spacial score (nSPS) is 15.6. The number of para-hydroxylation sites is 1. The topological polar surface area (TPSA) is 120 Å². The van der Waals surface area contributed by atoms with Gasteiger partial charge in [0.05, 0.1) is 21.9 Å². The number of amides is 1. The van der Waals surface area contributed by atoms with Crippen molar-refractivity contribution in [3.05, 3.63) is 97.6 Å². The molecule has 0 saturated carbocycles. The van der Waals surface area contributed by atoms with Crippen LogP contribution in [0.15, 0.2) is 68.3 Å². The van der Waals surface area contributed by atoms with E-state index in [1.165, 1.54) is 23.1 Å². The van der Waals surface area contributed by atoms with Gasteiger partial charge in [-0.1, -0.05) is 29.4 Å². The summed E-state index contributed by atoms with van der Waals surface area (Å²) in [5.74, 6) is -0.0339. The van der Waals surface area contributed by atoms with E-state index in [0.29, 0.717) is 16.7 Å². The Morgan fingerprint density at radius 1 is 1.10 bits per heavy atom. The Morgan fingerprint density at radius 3 is 2.63 bits per heavy atom. The first-order valence-corrected chi connectivity index (χ1v) is 9.02. The number of anilines is 1. The van der Waals surface area contributed by atoms with Crippen molar-refractivity contribution in [3.8, 4) is 0 Å². The summed E-state index contributed by atoms with van der Waals surface area (Å²) in [6.07, 6.45) is 0. The van der Waals surface area contributed by atoms with Crippen molar-refractivity contribution >= 4 is 28.4 Å². The Kier molecular flexibility index (Phi) is 3.78. The summed E-state index contributed by atoms with van der Waals surface area (Å²) in [6, 6.07) is 13.0. The maximum Gasteiger partial charge on any atom is 0.296 e. The monoisotopic (exact) mass is 403 g/mol. The predicted molar refractivity (Wildman–Crippen MR) is 105 cm³/mol. The first-order chi connectivity index (χ1) is 14.5. The summed E-state index contributed by atoms with van der Waals surface area (Å²) >= 11 is 0. The van der Waals surface area contributed by atoms with Crippen molar-refractivity contribution in [3.63, 3.8) is 0 Å². The van der Waals surface area contributed by atoms with Gasteiger partial charge in [-0.3, -0.25) is 24.6 Å². The van der Waals surface area contributed by atoms with Gasteiger partial charge in [0, 0.05) is 18.2 Å². The molecule has 2 aromatic carbocycles. The van der Waals surface area contributed by atoms with Crippen LogP contribution in [0.3, 0.4) is 0 Å². The summed E-state index contributed by atoms with van der Waals surface area (Å²) < 4.78 is 10.9. The van der Waals surface area contributed by atoms with E-state index in [1.54, 1.807) is 43.3 Å². The van der Waals surface area contributed by atoms with Gasteiger partial charge >= 0.3 is 0 Å². The van der Waals surface area contributed by atoms with Crippen LogP contribution in [0.2, 0.25) is 0 Å². The fourth-order valence-electron chi connectivity index (χ4n) is 3.75. The minimum Gasteiger partial charge on any atom is -0.450 e. The smallest absolute Gasteiger partial charge is 0.296 e. The number of fused-ring (bicyclic) bond motifs is 2. The summed E-state index contributed by atoms with van der Waals surface area (Å²) in [4.78, 5) is 38.6. The minimum atomic E-state index is -0.947. The van der Waals surface area contributed by atoms with Gasteiger partial charge < -0.3 is 8.94 Å². The first-order valence-electron chi connectivity index (χ1n) is 9.02. The summed E-state index contributed by atoms with van der Waals surface area (Å²) in [5.41, 5.74) is 0.249. The van der Waals surface area contributed by atoms with Crippen LogP contribution in [-0.4, -0.2) is 16.0 Å². The number of nitro benzene ring substituents is 1. The summed E-state index contributed by atoms with van der Waals surface area (Å²) in [5, 5.41) is 15.5. The number of aromatic nitrogens is 1. The number of non-ortho nitro benzene ring substituents is 1. The molecule has 3 heterocycles. The highest BCUT2D eigenvalue weighted by Crippen LogP contribution is 2.41. The Hall–Kier alpha value is -4.27. The highest BCUT2D eigenvalue weighted by atomic mass is 16.6. The van der Waals surface area contributed by atoms with Crippen LogP contribution >= 0.6 is 0 Å². The van der Waals surface area contributed by atoms with E-state index in [9.17, 15) is 19.7 Å². The van der Waals surface area contributed by atoms with Crippen molar-refractivity contribution < 1.29 is 18.7 Å². The van der Waals surface area contributed by atoms with Crippen molar-refractivity contribution in [2.24, 2.45) is 0 Å². The Labute approximate surface area is 168 Å². The van der Waals surface area contributed by atoms with Crippen LogP contribution in [0, 0.1) is 17.0 Å². The quantitative estimate of drug-likeness (QED) is 0.377. The number of benzene rings is 2. The molecule has 1 aliphatic heterocycles. The number of aryl methyl sites for hydroxylation is 1. The van der Waals surface area contributed by atoms with E-state index >= 15 is 0 Å². The number of nitro groups is 1. The number of rotatable bonds is 3. The molecule has 30 heavy (non-hydrogen) atoms. The number of hydrogen-bond donors (Lipinski definition) is 0. The standard InChI is InChI=1S/C21H13N3O6/c1-11-9-16(22-30-11)23-18(12-5-4-6-13(10-12)24(27)28)17-19(25)14-7-2-3-8-15(14)29-20(17)21(23)26/h2-10,18H,1H3/t18-/m1/s1. The molecule has 0 bridgehead atoms. The third-order valence-electron chi connectivity index (χ3n) is 5.04. The Balaban J connectivity index is 1.82. The molecule has 9 nitrogen and oxygen atoms in total. The third kappa shape index (κ3) is 2.52. The van der Waals surface area contributed by atoms with Gasteiger partial charge in [0.15, 0.2) is 11.2 Å². The molecule has 2 aromatic heterocycles. The Bertz CT molecular complexity index is 1400. The molecule has 0 saturated heterocycles. The van der Waals surface area contributed by atoms with Crippen molar-refractivity contribution in [1.82, 2.24) is 5.16 Å². The zero-order valence-corrected chi connectivity index (χ0v) is 15.6. The lowest BCUT2D eigenvalue weighted by atomic mass is 9.98. The van der Waals surface area contributed by atoms with Crippen molar-refractivity contribution in [2.45, 2.75) is 13.0 Å². The summed E-state index contributed by atoms with van der Waals surface area (Å²) in [6.45, 7) is 1.67. The number of carbonyl (C=O) groups is 1. The largest absolute Gasteiger partial charge is 0.450 e. The minimum absolute atomic E-state index is 0.111. The molecule has 4 aromatic rings. The highest BCUT2D eigenvalue weighted by molar-refractivity contribution is 6.10. The van der Waals surface area contributed by atoms with Gasteiger partial charge in [-0.2, -0.15) is 0 Å². The zero-order valence-electron chi connectivity index (χ0n) is 15.6. The van der Waals surface area contributed by atoms with Gasteiger partial charge in [-0.25, -0.2) is 0 Å². The van der Waals surface area contributed by atoms with Gasteiger partial charge in [0.2, 0.25) is 5.76 Å².